The molecule has 0 radical (unpaired) electrons. The Morgan fingerprint density at radius 2 is 1.57 bits per heavy atom. The number of nitrogens with zero attached hydrogens (tertiary/aromatic N) is 3. The summed E-state index contributed by atoms with van der Waals surface area (Å²) in [5.74, 6) is 0.597. The van der Waals surface area contributed by atoms with Crippen molar-refractivity contribution in [2.24, 2.45) is 0 Å². The van der Waals surface area contributed by atoms with Crippen molar-refractivity contribution in [3.63, 3.8) is 0 Å². The number of benzene rings is 1. The Morgan fingerprint density at radius 1 is 1.05 bits per heavy atom. The van der Waals surface area contributed by atoms with Gasteiger partial charge in [0.05, 0.1) is 17.0 Å². The molecule has 9 nitrogen and oxygen atoms in total. The largest absolute Gasteiger partial charge is 0.497 e. The number of nitrogens with one attached hydrogen (secondary N) is 1. The number of aromatic nitrogens is 1. The third-order valence-electron chi connectivity index (χ3n) is 2.66. The van der Waals surface area contributed by atoms with Crippen LogP contribution in [0.5, 0.6) is 5.75 Å². The van der Waals surface area contributed by atoms with Crippen molar-refractivity contribution >= 4 is 22.7 Å². The van der Waals surface area contributed by atoms with E-state index in [9.17, 15) is 20.2 Å². The second-order valence-electron chi connectivity index (χ2n) is 3.92. The van der Waals surface area contributed by atoms with E-state index < -0.39 is 21.2 Å². The fourth-order valence-electron chi connectivity index (χ4n) is 1.66. The van der Waals surface area contributed by atoms with Crippen molar-refractivity contribution in [3.8, 4) is 5.75 Å². The van der Waals surface area contributed by atoms with Crippen LogP contribution in [0.25, 0.3) is 0 Å². The molecule has 108 valence electrons. The summed E-state index contributed by atoms with van der Waals surface area (Å²) in [5.41, 5.74) is -0.710. The monoisotopic (exact) mass is 290 g/mol. The highest BCUT2D eigenvalue weighted by Crippen LogP contribution is 2.35. The number of nitro groups is 2. The first-order valence-electron chi connectivity index (χ1n) is 5.70. The number of rotatable bonds is 5. The number of ether oxygens (including phenoxy) is 1. The van der Waals surface area contributed by atoms with E-state index in [-0.39, 0.29) is 5.69 Å². The Bertz CT molecular complexity index is 654. The van der Waals surface area contributed by atoms with Crippen molar-refractivity contribution in [1.29, 1.82) is 0 Å². The summed E-state index contributed by atoms with van der Waals surface area (Å²) >= 11 is 0. The van der Waals surface area contributed by atoms with Gasteiger partial charge in [0.2, 0.25) is 0 Å². The molecule has 21 heavy (non-hydrogen) atoms. The van der Waals surface area contributed by atoms with Gasteiger partial charge in [-0.3, -0.25) is 25.2 Å². The summed E-state index contributed by atoms with van der Waals surface area (Å²) < 4.78 is 4.99. The van der Waals surface area contributed by atoms with Gasteiger partial charge in [0, 0.05) is 5.69 Å². The zero-order valence-electron chi connectivity index (χ0n) is 10.8. The van der Waals surface area contributed by atoms with Gasteiger partial charge in [-0.05, 0) is 24.3 Å². The zero-order chi connectivity index (χ0) is 15.4. The van der Waals surface area contributed by atoms with Crippen LogP contribution in [0.2, 0.25) is 0 Å². The van der Waals surface area contributed by atoms with Crippen LogP contribution in [0, 0.1) is 20.2 Å². The Balaban J connectivity index is 2.45. The fourth-order valence-corrected chi connectivity index (χ4v) is 1.66. The first-order valence-corrected chi connectivity index (χ1v) is 5.70. The highest BCUT2D eigenvalue weighted by Gasteiger charge is 2.25. The standard InChI is InChI=1S/C12H10N4O5/c1-21-9-4-2-8(3-5-9)14-12-10(15(17)18)6-13-7-11(12)16(19)20/h2-7H,1H3,(H,13,14). The molecule has 1 N–H and O–H groups in total. The molecule has 0 saturated heterocycles. The van der Waals surface area contributed by atoms with Crippen LogP contribution in [0.15, 0.2) is 36.7 Å². The number of hydrogen-bond donors (Lipinski definition) is 1. The maximum Gasteiger partial charge on any atom is 0.317 e. The molecule has 0 aliphatic carbocycles. The van der Waals surface area contributed by atoms with E-state index in [1.165, 1.54) is 7.11 Å². The topological polar surface area (TPSA) is 120 Å². The summed E-state index contributed by atoms with van der Waals surface area (Å²) in [4.78, 5) is 24.0. The molecule has 2 rings (SSSR count). The lowest BCUT2D eigenvalue weighted by atomic mass is 10.2. The van der Waals surface area contributed by atoms with E-state index in [4.69, 9.17) is 4.74 Å². The summed E-state index contributed by atoms with van der Waals surface area (Å²) in [7, 11) is 1.50. The van der Waals surface area contributed by atoms with Crippen molar-refractivity contribution in [1.82, 2.24) is 4.98 Å². The number of pyridine rings is 1. The van der Waals surface area contributed by atoms with Gasteiger partial charge in [0.15, 0.2) is 5.69 Å². The molecule has 0 fully saturated rings. The molecule has 0 spiro atoms. The van der Waals surface area contributed by atoms with Gasteiger partial charge in [-0.1, -0.05) is 0 Å². The molecule has 0 bridgehead atoms. The third-order valence-corrected chi connectivity index (χ3v) is 2.66. The van der Waals surface area contributed by atoms with Gasteiger partial charge in [0.25, 0.3) is 0 Å². The number of anilines is 2. The predicted octanol–water partition coefficient (Wildman–Crippen LogP) is 2.65. The molecule has 0 aliphatic rings. The second-order valence-corrected chi connectivity index (χ2v) is 3.92. The SMILES string of the molecule is COc1ccc(Nc2c([N+](=O)[O-])cncc2[N+](=O)[O-])cc1. The van der Waals surface area contributed by atoms with Gasteiger partial charge in [0.1, 0.15) is 18.1 Å². The van der Waals surface area contributed by atoms with E-state index >= 15 is 0 Å². The lowest BCUT2D eigenvalue weighted by molar-refractivity contribution is -0.392. The van der Waals surface area contributed by atoms with Crippen LogP contribution in [0.1, 0.15) is 0 Å². The van der Waals surface area contributed by atoms with Gasteiger partial charge in [-0.2, -0.15) is 0 Å². The summed E-state index contributed by atoms with van der Waals surface area (Å²) in [5, 5.41) is 24.6. The van der Waals surface area contributed by atoms with Crippen molar-refractivity contribution in [2.45, 2.75) is 0 Å². The minimum absolute atomic E-state index is 0.217. The van der Waals surface area contributed by atoms with Crippen molar-refractivity contribution in [2.75, 3.05) is 12.4 Å². The highest BCUT2D eigenvalue weighted by atomic mass is 16.6. The fraction of sp³-hybridized carbons (Fsp3) is 0.0833. The number of methoxy groups -OCH3 is 1. The minimum Gasteiger partial charge on any atom is -0.497 e. The molecule has 0 aliphatic heterocycles. The molecule has 0 saturated carbocycles. The first kappa shape index (κ1) is 14.2. The molecule has 9 heteroatoms. The molecule has 0 atom stereocenters. The Hall–Kier alpha value is -3.23. The molecule has 0 unspecified atom stereocenters. The molecule has 0 amide bonds. The van der Waals surface area contributed by atoms with E-state index in [0.717, 1.165) is 12.4 Å². The Kier molecular flexibility index (Phi) is 3.93. The van der Waals surface area contributed by atoms with Crippen LogP contribution < -0.4 is 10.1 Å². The van der Waals surface area contributed by atoms with Crippen LogP contribution in [0.4, 0.5) is 22.7 Å². The van der Waals surface area contributed by atoms with Gasteiger partial charge in [-0.15, -0.1) is 0 Å². The maximum absolute atomic E-state index is 11.0. The quantitative estimate of drug-likeness (QED) is 0.663. The first-order chi connectivity index (χ1) is 10.0. The van der Waals surface area contributed by atoms with E-state index in [1.54, 1.807) is 24.3 Å². The third kappa shape index (κ3) is 3.03. The average Bonchev–Trinajstić information content (AvgIpc) is 2.47. The Labute approximate surface area is 118 Å². The molecule has 1 aromatic heterocycles. The van der Waals surface area contributed by atoms with Crippen LogP contribution >= 0.6 is 0 Å². The average molecular weight is 290 g/mol. The lowest BCUT2D eigenvalue weighted by Crippen LogP contribution is -2.02. The van der Waals surface area contributed by atoms with Gasteiger partial charge >= 0.3 is 11.4 Å². The van der Waals surface area contributed by atoms with Gasteiger partial charge < -0.3 is 10.1 Å². The summed E-state index contributed by atoms with van der Waals surface area (Å²) in [6.45, 7) is 0. The van der Waals surface area contributed by atoms with E-state index in [1.807, 2.05) is 0 Å². The second kappa shape index (κ2) is 5.82. The zero-order valence-corrected chi connectivity index (χ0v) is 10.8. The van der Waals surface area contributed by atoms with E-state index in [2.05, 4.69) is 10.3 Å². The van der Waals surface area contributed by atoms with E-state index in [0.29, 0.717) is 11.4 Å². The smallest absolute Gasteiger partial charge is 0.317 e. The normalized spacial score (nSPS) is 9.95. The molecular weight excluding hydrogens is 280 g/mol. The van der Waals surface area contributed by atoms with Crippen LogP contribution in [0.3, 0.4) is 0 Å². The predicted molar refractivity (Wildman–Crippen MR) is 73.8 cm³/mol. The highest BCUT2D eigenvalue weighted by molar-refractivity contribution is 5.77. The van der Waals surface area contributed by atoms with Crippen molar-refractivity contribution < 1.29 is 14.6 Å². The summed E-state index contributed by atoms with van der Waals surface area (Å²) in [6, 6.07) is 6.43. The maximum atomic E-state index is 11.0. The van der Waals surface area contributed by atoms with Crippen LogP contribution in [-0.2, 0) is 0 Å². The number of hydrogen-bond acceptors (Lipinski definition) is 7. The lowest BCUT2D eigenvalue weighted by Gasteiger charge is -2.08. The molecule has 1 heterocycles. The molecule has 2 aromatic rings. The molecular formula is C12H10N4O5. The molecule has 1 aromatic carbocycles. The van der Waals surface area contributed by atoms with Gasteiger partial charge in [-0.25, -0.2) is 0 Å². The van der Waals surface area contributed by atoms with Crippen LogP contribution in [-0.4, -0.2) is 21.9 Å². The Morgan fingerprint density at radius 3 is 2.00 bits per heavy atom. The summed E-state index contributed by atoms with van der Waals surface area (Å²) in [6.07, 6.45) is 1.91. The van der Waals surface area contributed by atoms with Crippen molar-refractivity contribution in [3.05, 3.63) is 56.9 Å². The minimum atomic E-state index is -0.730.